The van der Waals surface area contributed by atoms with Gasteiger partial charge in [0, 0.05) is 52.4 Å². The average Bonchev–Trinajstić information content (AvgIpc) is 3.11. The van der Waals surface area contributed by atoms with Crippen LogP contribution in [0.15, 0.2) is 0 Å². The van der Waals surface area contributed by atoms with Crippen molar-refractivity contribution >= 4 is 35.7 Å². The second kappa shape index (κ2) is 54.8. The van der Waals surface area contributed by atoms with Gasteiger partial charge >= 0.3 is 94.6 Å². The second-order valence-electron chi connectivity index (χ2n) is 14.0. The third kappa shape index (κ3) is 62.4. The number of nitrogens with one attached hydrogen (secondary N) is 2. The Hall–Kier alpha value is -0.260. The van der Waals surface area contributed by atoms with Crippen LogP contribution in [-0.2, 0) is 33.5 Å². The first-order valence-corrected chi connectivity index (χ1v) is 20.9. The molecule has 2 amide bonds. The van der Waals surface area contributed by atoms with Crippen molar-refractivity contribution in [1.29, 1.82) is 0 Å². The molecule has 1 unspecified atom stereocenters. The Morgan fingerprint density at radius 1 is 0.603 bits per heavy atom. The molecule has 0 radical (unpaired) electrons. The number of hydrogen-bond donors (Lipinski definition) is 3. The van der Waals surface area contributed by atoms with E-state index in [0.29, 0.717) is 26.1 Å². The molecule has 0 rings (SSSR count). The van der Waals surface area contributed by atoms with Crippen LogP contribution in [0.3, 0.4) is 0 Å². The van der Waals surface area contributed by atoms with Crippen LogP contribution in [0.25, 0.3) is 0 Å². The van der Waals surface area contributed by atoms with E-state index in [0.717, 1.165) is 19.3 Å². The van der Waals surface area contributed by atoms with Crippen molar-refractivity contribution < 1.29 is 143 Å². The van der Waals surface area contributed by atoms with E-state index in [1.807, 2.05) is 0 Å². The fourth-order valence-corrected chi connectivity index (χ4v) is 5.52. The molecular weight excluding hydrogens is 779 g/mol. The van der Waals surface area contributed by atoms with Gasteiger partial charge in [-0.15, -0.1) is 0 Å². The average molecular weight is 856 g/mol. The Morgan fingerprint density at radius 2 is 1.03 bits per heavy atom. The van der Waals surface area contributed by atoms with Crippen LogP contribution in [0.4, 0.5) is 0 Å². The molecule has 58 heavy (non-hydrogen) atoms. The van der Waals surface area contributed by atoms with E-state index < -0.39 is 30.4 Å². The molecule has 0 aromatic rings. The molecule has 1 atom stereocenters. The van der Waals surface area contributed by atoms with Crippen molar-refractivity contribution in [3.63, 3.8) is 0 Å². The van der Waals surface area contributed by atoms with Gasteiger partial charge in [-0.1, -0.05) is 136 Å². The Balaban J connectivity index is -0.000000179. The fraction of sp³-hybridized carbons (Fsp3) is 0.854. The van der Waals surface area contributed by atoms with E-state index in [4.69, 9.17) is 9.84 Å². The number of aliphatic hydroxyl groups excluding tert-OH is 1. The number of amides is 2. The van der Waals surface area contributed by atoms with E-state index in [1.165, 1.54) is 128 Å². The number of hydrogen-bond acceptors (Lipinski definition) is 12. The summed E-state index contributed by atoms with van der Waals surface area (Å²) in [5.74, 6) is -4.69. The Morgan fingerprint density at radius 3 is 1.40 bits per heavy atom. The Kier molecular flexibility index (Phi) is 65.6. The summed E-state index contributed by atoms with van der Waals surface area (Å²) in [5, 5.41) is 45.0. The van der Waals surface area contributed by atoms with E-state index in [1.54, 1.807) is 0 Å². The number of carboxylic acids is 3. The quantitative estimate of drug-likeness (QED) is 0.0308. The van der Waals surface area contributed by atoms with Crippen molar-refractivity contribution in [3.05, 3.63) is 0 Å². The Bertz CT molecular complexity index is 983. The van der Waals surface area contributed by atoms with Gasteiger partial charge in [0.15, 0.2) is 0 Å². The van der Waals surface area contributed by atoms with Gasteiger partial charge in [-0.2, -0.15) is 0 Å². The van der Waals surface area contributed by atoms with Gasteiger partial charge in [-0.25, -0.2) is 0 Å². The molecule has 14 nitrogen and oxygen atoms in total. The topological polar surface area (TPSA) is 228 Å². The van der Waals surface area contributed by atoms with Gasteiger partial charge in [-0.05, 0) is 25.7 Å². The van der Waals surface area contributed by atoms with E-state index in [2.05, 4.69) is 24.5 Å². The van der Waals surface area contributed by atoms with Crippen LogP contribution < -0.4 is 115 Å². The summed E-state index contributed by atoms with van der Waals surface area (Å²) in [5.41, 5.74) is 0. The molecule has 0 saturated heterocycles. The third-order valence-electron chi connectivity index (χ3n) is 8.64. The summed E-state index contributed by atoms with van der Waals surface area (Å²) in [4.78, 5) is 65.7. The molecule has 0 aromatic carbocycles. The van der Waals surface area contributed by atoms with Gasteiger partial charge in [-0.3, -0.25) is 19.3 Å². The molecule has 0 aromatic heterocycles. The predicted molar refractivity (Wildman–Crippen MR) is 208 cm³/mol. The van der Waals surface area contributed by atoms with Crippen molar-refractivity contribution in [3.8, 4) is 0 Å². The largest absolute Gasteiger partial charge is 1.00 e. The maximum absolute atomic E-state index is 11.7. The molecule has 324 valence electrons. The molecule has 0 aliphatic heterocycles. The molecule has 3 N–H and O–H groups in total. The molecule has 0 fully saturated rings. The summed E-state index contributed by atoms with van der Waals surface area (Å²) in [7, 11) is 0. The number of carbonyl (C=O) groups is 6. The zero-order chi connectivity index (χ0) is 42.0. The summed E-state index contributed by atoms with van der Waals surface area (Å²) in [6.07, 6.45) is 25.7. The molecule has 17 heteroatoms. The van der Waals surface area contributed by atoms with Crippen molar-refractivity contribution in [1.82, 2.24) is 15.5 Å². The molecule has 0 heterocycles. The van der Waals surface area contributed by atoms with Crippen molar-refractivity contribution in [2.24, 2.45) is 0 Å². The minimum Gasteiger partial charge on any atom is -0.550 e. The minimum absolute atomic E-state index is 0. The van der Waals surface area contributed by atoms with E-state index in [9.17, 15) is 44.1 Å². The summed E-state index contributed by atoms with van der Waals surface area (Å²) >= 11 is 0. The minimum atomic E-state index is -1.46. The number of esters is 1. The smallest absolute Gasteiger partial charge is 0.550 e. The van der Waals surface area contributed by atoms with Crippen LogP contribution in [-0.4, -0.2) is 91.1 Å². The zero-order valence-corrected chi connectivity index (χ0v) is 43.8. The first-order valence-electron chi connectivity index (χ1n) is 20.9. The maximum atomic E-state index is 11.7. The van der Waals surface area contributed by atoms with Gasteiger partial charge < -0.3 is 50.2 Å². The zero-order valence-electron chi connectivity index (χ0n) is 37.8. The van der Waals surface area contributed by atoms with Gasteiger partial charge in [0.1, 0.15) is 0 Å². The van der Waals surface area contributed by atoms with Crippen molar-refractivity contribution in [2.45, 2.75) is 188 Å². The molecule has 0 saturated carbocycles. The first-order chi connectivity index (χ1) is 26.3. The monoisotopic (exact) mass is 856 g/mol. The first kappa shape index (κ1) is 69.4. The number of rotatable bonds is 35. The van der Waals surface area contributed by atoms with Crippen LogP contribution >= 0.6 is 0 Å². The summed E-state index contributed by atoms with van der Waals surface area (Å²) in [6, 6.07) is -1.27. The maximum Gasteiger partial charge on any atom is 1.00 e. The van der Waals surface area contributed by atoms with Crippen LogP contribution in [0, 0.1) is 0 Å². The van der Waals surface area contributed by atoms with Crippen LogP contribution in [0.5, 0.6) is 0 Å². The van der Waals surface area contributed by atoms with Gasteiger partial charge in [0.05, 0.1) is 31.2 Å². The van der Waals surface area contributed by atoms with E-state index in [-0.39, 0.29) is 139 Å². The van der Waals surface area contributed by atoms with Gasteiger partial charge in [0.2, 0.25) is 11.8 Å². The molecular formula is C41H76N3Na3O11. The Labute approximate surface area is 417 Å². The van der Waals surface area contributed by atoms with E-state index >= 15 is 0 Å². The number of ether oxygens (including phenoxy) is 1. The SMILES string of the molecule is CC(=O)NCCN(CCO)CC(=O)[O-].CCCCCCCCCCCCCC(=O)NC(CCC(=O)[O-])C(=O)[O-].CCCCCCCCCCCCOC(C)=O.[Na+].[Na+].[Na+]. The predicted octanol–water partition coefficient (Wildman–Crippen LogP) is -5.90. The normalized spacial score (nSPS) is 10.4. The van der Waals surface area contributed by atoms with Crippen LogP contribution in [0.2, 0.25) is 0 Å². The molecule has 0 aliphatic carbocycles. The fourth-order valence-electron chi connectivity index (χ4n) is 5.52. The molecule has 0 spiro atoms. The number of unbranched alkanes of at least 4 members (excludes halogenated alkanes) is 19. The summed E-state index contributed by atoms with van der Waals surface area (Å²) in [6.45, 7) is 8.57. The molecule has 0 aliphatic rings. The number of aliphatic hydroxyl groups is 1. The van der Waals surface area contributed by atoms with Crippen LogP contribution in [0.1, 0.15) is 182 Å². The standard InChI is InChI=1S/C19H35NO5.C14H28O2.C8H16N2O4.3Na/c1-2-3-4-5-6-7-8-9-10-11-12-13-17(21)20-16(19(24)25)14-15-18(22)23;1-3-4-5-6-7-8-9-10-11-12-13-16-14(2)15;1-7(12)9-2-3-10(4-5-11)6-8(13)14;;;/h16H,2-15H2,1H3,(H,20,21)(H,22,23)(H,24,25);3-13H2,1-2H3;11H,2-6H2,1H3,(H,9,12)(H,13,14);;;/q;;;3*+1/p-3. The number of nitrogens with zero attached hydrogens (tertiary/aromatic N) is 1. The number of carboxylic acid groups (broad SMARTS) is 3. The second-order valence-corrected chi connectivity index (χ2v) is 14.0. The third-order valence-corrected chi connectivity index (χ3v) is 8.64. The molecule has 0 bridgehead atoms. The number of aliphatic carboxylic acids is 3. The number of carbonyl (C=O) groups excluding carboxylic acids is 6. The summed E-state index contributed by atoms with van der Waals surface area (Å²) < 4.78 is 4.87. The van der Waals surface area contributed by atoms with Gasteiger partial charge in [0.25, 0.3) is 0 Å². The van der Waals surface area contributed by atoms with Crippen molar-refractivity contribution in [2.75, 3.05) is 39.4 Å².